The SMILES string of the molecule is CCOc1ccccc1C(=O)N[C@@H](C)c1nc(-c2cccc(C)c2)no1. The number of ether oxygens (including phenoxy) is 1. The van der Waals surface area contributed by atoms with Gasteiger partial charge in [-0.1, -0.05) is 41.1 Å². The fraction of sp³-hybridized carbons (Fsp3) is 0.250. The van der Waals surface area contributed by atoms with Gasteiger partial charge in [-0.05, 0) is 39.0 Å². The molecule has 0 fully saturated rings. The van der Waals surface area contributed by atoms with Crippen LogP contribution in [0.25, 0.3) is 11.4 Å². The standard InChI is InChI=1S/C20H21N3O3/c1-4-25-17-11-6-5-10-16(17)19(24)21-14(3)20-22-18(23-26-20)15-9-7-8-13(2)12-15/h5-12,14H,4H2,1-3H3,(H,21,24)/t14-/m0/s1. The maximum atomic E-state index is 12.6. The zero-order valence-electron chi connectivity index (χ0n) is 15.0. The number of rotatable bonds is 6. The maximum absolute atomic E-state index is 12.6. The summed E-state index contributed by atoms with van der Waals surface area (Å²) < 4.78 is 10.8. The van der Waals surface area contributed by atoms with Crippen LogP contribution in [0, 0.1) is 6.92 Å². The summed E-state index contributed by atoms with van der Waals surface area (Å²) in [5.74, 6) is 1.14. The molecule has 0 bridgehead atoms. The smallest absolute Gasteiger partial charge is 0.255 e. The van der Waals surface area contributed by atoms with Gasteiger partial charge in [0, 0.05) is 5.56 Å². The van der Waals surface area contributed by atoms with Gasteiger partial charge in [0.05, 0.1) is 12.2 Å². The van der Waals surface area contributed by atoms with E-state index in [-0.39, 0.29) is 5.91 Å². The van der Waals surface area contributed by atoms with E-state index in [9.17, 15) is 4.79 Å². The van der Waals surface area contributed by atoms with Crippen LogP contribution in [-0.4, -0.2) is 22.7 Å². The molecule has 0 aliphatic rings. The maximum Gasteiger partial charge on any atom is 0.255 e. The van der Waals surface area contributed by atoms with Crippen LogP contribution < -0.4 is 10.1 Å². The highest BCUT2D eigenvalue weighted by Gasteiger charge is 2.20. The van der Waals surface area contributed by atoms with Gasteiger partial charge in [0.1, 0.15) is 11.8 Å². The Balaban J connectivity index is 1.75. The molecule has 0 radical (unpaired) electrons. The molecule has 2 aromatic carbocycles. The summed E-state index contributed by atoms with van der Waals surface area (Å²) in [7, 11) is 0. The van der Waals surface area contributed by atoms with E-state index in [1.54, 1.807) is 25.1 Å². The van der Waals surface area contributed by atoms with Crippen LogP contribution in [0.4, 0.5) is 0 Å². The van der Waals surface area contributed by atoms with Crippen LogP contribution in [-0.2, 0) is 0 Å². The lowest BCUT2D eigenvalue weighted by Crippen LogP contribution is -2.27. The van der Waals surface area contributed by atoms with Crippen molar-refractivity contribution in [2.45, 2.75) is 26.8 Å². The zero-order chi connectivity index (χ0) is 18.5. The van der Waals surface area contributed by atoms with Gasteiger partial charge in [0.25, 0.3) is 5.91 Å². The number of para-hydroxylation sites is 1. The average Bonchev–Trinajstić information content (AvgIpc) is 3.13. The summed E-state index contributed by atoms with van der Waals surface area (Å²) in [5, 5.41) is 6.89. The Bertz CT molecular complexity index is 905. The van der Waals surface area contributed by atoms with Gasteiger partial charge in [-0.15, -0.1) is 0 Å². The molecule has 1 N–H and O–H groups in total. The van der Waals surface area contributed by atoms with Crippen LogP contribution in [0.2, 0.25) is 0 Å². The minimum atomic E-state index is -0.428. The summed E-state index contributed by atoms with van der Waals surface area (Å²) >= 11 is 0. The quantitative estimate of drug-likeness (QED) is 0.728. The number of aromatic nitrogens is 2. The number of carbonyl (C=O) groups is 1. The molecule has 0 saturated carbocycles. The van der Waals surface area contributed by atoms with E-state index < -0.39 is 6.04 Å². The molecule has 6 nitrogen and oxygen atoms in total. The molecule has 1 amide bonds. The molecule has 0 spiro atoms. The summed E-state index contributed by atoms with van der Waals surface area (Å²) in [6.07, 6.45) is 0. The Morgan fingerprint density at radius 3 is 2.81 bits per heavy atom. The summed E-state index contributed by atoms with van der Waals surface area (Å²) in [6.45, 7) is 6.17. The number of hydrogen-bond acceptors (Lipinski definition) is 5. The number of amides is 1. The van der Waals surface area contributed by atoms with E-state index in [1.807, 2.05) is 44.2 Å². The lowest BCUT2D eigenvalue weighted by Gasteiger charge is -2.12. The van der Waals surface area contributed by atoms with Gasteiger partial charge in [0.15, 0.2) is 0 Å². The Kier molecular flexibility index (Phi) is 5.31. The van der Waals surface area contributed by atoms with E-state index in [0.29, 0.717) is 29.6 Å². The van der Waals surface area contributed by atoms with Crippen molar-refractivity contribution in [1.82, 2.24) is 15.5 Å². The van der Waals surface area contributed by atoms with Crippen molar-refractivity contribution in [2.24, 2.45) is 0 Å². The van der Waals surface area contributed by atoms with Crippen molar-refractivity contribution in [1.29, 1.82) is 0 Å². The highest BCUT2D eigenvalue weighted by Crippen LogP contribution is 2.22. The molecular formula is C20H21N3O3. The van der Waals surface area contributed by atoms with E-state index in [2.05, 4.69) is 15.5 Å². The van der Waals surface area contributed by atoms with Gasteiger partial charge in [-0.25, -0.2) is 0 Å². The first-order valence-electron chi connectivity index (χ1n) is 8.51. The van der Waals surface area contributed by atoms with E-state index >= 15 is 0 Å². The molecule has 134 valence electrons. The number of nitrogens with one attached hydrogen (secondary N) is 1. The third-order valence-electron chi connectivity index (χ3n) is 3.87. The van der Waals surface area contributed by atoms with Crippen molar-refractivity contribution in [3.05, 3.63) is 65.5 Å². The topological polar surface area (TPSA) is 77.2 Å². The van der Waals surface area contributed by atoms with Crippen LogP contribution >= 0.6 is 0 Å². The third kappa shape index (κ3) is 3.91. The van der Waals surface area contributed by atoms with Crippen LogP contribution in [0.1, 0.15) is 41.7 Å². The second kappa shape index (κ2) is 7.82. The van der Waals surface area contributed by atoms with Crippen molar-refractivity contribution in [3.63, 3.8) is 0 Å². The molecule has 0 unspecified atom stereocenters. The minimum absolute atomic E-state index is 0.253. The van der Waals surface area contributed by atoms with Gasteiger partial charge in [-0.3, -0.25) is 4.79 Å². The Morgan fingerprint density at radius 2 is 2.04 bits per heavy atom. The predicted molar refractivity (Wildman–Crippen MR) is 98.0 cm³/mol. The first kappa shape index (κ1) is 17.7. The van der Waals surface area contributed by atoms with E-state index in [1.165, 1.54) is 0 Å². The summed E-state index contributed by atoms with van der Waals surface area (Å²) in [6, 6.07) is 14.5. The number of nitrogens with zero attached hydrogens (tertiary/aromatic N) is 2. The minimum Gasteiger partial charge on any atom is -0.493 e. The predicted octanol–water partition coefficient (Wildman–Crippen LogP) is 3.93. The third-order valence-corrected chi connectivity index (χ3v) is 3.87. The van der Waals surface area contributed by atoms with Gasteiger partial charge in [-0.2, -0.15) is 4.98 Å². The molecule has 1 heterocycles. The van der Waals surface area contributed by atoms with Gasteiger partial charge < -0.3 is 14.6 Å². The van der Waals surface area contributed by atoms with Crippen molar-refractivity contribution < 1.29 is 14.1 Å². The fourth-order valence-corrected chi connectivity index (χ4v) is 2.58. The first-order chi connectivity index (χ1) is 12.6. The average molecular weight is 351 g/mol. The molecule has 1 aromatic heterocycles. The molecule has 0 aliphatic heterocycles. The molecule has 3 aromatic rings. The summed E-state index contributed by atoms with van der Waals surface area (Å²) in [4.78, 5) is 17.0. The molecule has 0 saturated heterocycles. The van der Waals surface area contributed by atoms with Crippen LogP contribution in [0.3, 0.4) is 0 Å². The largest absolute Gasteiger partial charge is 0.493 e. The van der Waals surface area contributed by atoms with Crippen LogP contribution in [0.15, 0.2) is 53.1 Å². The lowest BCUT2D eigenvalue weighted by atomic mass is 10.1. The van der Waals surface area contributed by atoms with Gasteiger partial charge in [0.2, 0.25) is 11.7 Å². The Hall–Kier alpha value is -3.15. The number of aryl methyl sites for hydroxylation is 1. The normalized spacial score (nSPS) is 11.8. The van der Waals surface area contributed by atoms with Crippen LogP contribution in [0.5, 0.6) is 5.75 Å². The molecular weight excluding hydrogens is 330 g/mol. The molecule has 26 heavy (non-hydrogen) atoms. The second-order valence-electron chi connectivity index (χ2n) is 5.95. The Morgan fingerprint density at radius 1 is 1.23 bits per heavy atom. The highest BCUT2D eigenvalue weighted by atomic mass is 16.5. The van der Waals surface area contributed by atoms with E-state index in [4.69, 9.17) is 9.26 Å². The fourth-order valence-electron chi connectivity index (χ4n) is 2.58. The zero-order valence-corrected chi connectivity index (χ0v) is 15.0. The molecule has 6 heteroatoms. The van der Waals surface area contributed by atoms with Crippen molar-refractivity contribution >= 4 is 5.91 Å². The van der Waals surface area contributed by atoms with Crippen molar-refractivity contribution in [3.8, 4) is 17.1 Å². The summed E-state index contributed by atoms with van der Waals surface area (Å²) in [5.41, 5.74) is 2.46. The number of hydrogen-bond donors (Lipinski definition) is 1. The first-order valence-corrected chi connectivity index (χ1v) is 8.51. The van der Waals surface area contributed by atoms with Crippen molar-refractivity contribution in [2.75, 3.05) is 6.61 Å². The highest BCUT2D eigenvalue weighted by molar-refractivity contribution is 5.97. The molecule has 3 rings (SSSR count). The number of benzene rings is 2. The monoisotopic (exact) mass is 351 g/mol. The Labute approximate surface area is 152 Å². The molecule has 0 aliphatic carbocycles. The molecule has 1 atom stereocenters. The van der Waals surface area contributed by atoms with Gasteiger partial charge >= 0.3 is 0 Å². The number of carbonyl (C=O) groups excluding carboxylic acids is 1. The lowest BCUT2D eigenvalue weighted by molar-refractivity contribution is 0.0928. The second-order valence-corrected chi connectivity index (χ2v) is 5.95. The van der Waals surface area contributed by atoms with E-state index in [0.717, 1.165) is 11.1 Å².